The summed E-state index contributed by atoms with van der Waals surface area (Å²) >= 11 is 8.16. The molecule has 16 heavy (non-hydrogen) atoms. The molecule has 82 valence electrons. The number of nitrogens with zero attached hydrogens (tertiary/aromatic N) is 2. The van der Waals surface area contributed by atoms with Crippen LogP contribution in [0.1, 0.15) is 5.56 Å². The first-order valence-electron chi connectivity index (χ1n) is 4.38. The molecule has 2 aromatic rings. The molecule has 1 heterocycles. The van der Waals surface area contributed by atoms with Gasteiger partial charge in [-0.1, -0.05) is 12.2 Å². The molecule has 1 aromatic carbocycles. The summed E-state index contributed by atoms with van der Waals surface area (Å²) in [6.07, 6.45) is 3.38. The van der Waals surface area contributed by atoms with Crippen molar-refractivity contribution in [1.82, 2.24) is 9.78 Å². The summed E-state index contributed by atoms with van der Waals surface area (Å²) in [5.74, 6) is -0.377. The van der Waals surface area contributed by atoms with E-state index in [2.05, 4.69) is 21.0 Å². The van der Waals surface area contributed by atoms with Gasteiger partial charge in [-0.15, -0.1) is 0 Å². The van der Waals surface area contributed by atoms with Crippen LogP contribution in [0.15, 0.2) is 35.1 Å². The van der Waals surface area contributed by atoms with E-state index in [0.717, 1.165) is 4.47 Å². The van der Waals surface area contributed by atoms with Gasteiger partial charge in [-0.2, -0.15) is 5.10 Å². The molecule has 0 saturated heterocycles. The number of nitrogens with two attached hydrogens (primary N) is 1. The summed E-state index contributed by atoms with van der Waals surface area (Å²) < 4.78 is 15.5. The fourth-order valence-corrected chi connectivity index (χ4v) is 1.79. The van der Waals surface area contributed by atoms with Crippen molar-refractivity contribution in [3.05, 3.63) is 46.4 Å². The Morgan fingerprint density at radius 2 is 2.25 bits per heavy atom. The Bertz CT molecular complexity index is 553. The Morgan fingerprint density at radius 3 is 2.81 bits per heavy atom. The summed E-state index contributed by atoms with van der Waals surface area (Å²) in [5.41, 5.74) is 6.66. The lowest BCUT2D eigenvalue weighted by molar-refractivity contribution is 0.626. The zero-order chi connectivity index (χ0) is 11.7. The summed E-state index contributed by atoms with van der Waals surface area (Å²) in [6, 6.07) is 4.23. The van der Waals surface area contributed by atoms with Gasteiger partial charge < -0.3 is 5.73 Å². The zero-order valence-corrected chi connectivity index (χ0v) is 10.4. The van der Waals surface area contributed by atoms with E-state index >= 15 is 0 Å². The molecular formula is C10H7BrFN3S. The highest BCUT2D eigenvalue weighted by Gasteiger charge is 2.09. The molecule has 6 heteroatoms. The first kappa shape index (κ1) is 11.2. The maximum atomic E-state index is 13.1. The molecule has 2 N–H and O–H groups in total. The van der Waals surface area contributed by atoms with Crippen LogP contribution < -0.4 is 5.73 Å². The lowest BCUT2D eigenvalue weighted by Crippen LogP contribution is -2.14. The average molecular weight is 300 g/mol. The molecule has 0 amide bonds. The number of hydrogen-bond donors (Lipinski definition) is 1. The predicted molar refractivity (Wildman–Crippen MR) is 67.1 cm³/mol. The van der Waals surface area contributed by atoms with Crippen molar-refractivity contribution in [3.63, 3.8) is 0 Å². The van der Waals surface area contributed by atoms with Crippen LogP contribution >= 0.6 is 28.1 Å². The highest BCUT2D eigenvalue weighted by atomic mass is 79.9. The predicted octanol–water partition coefficient (Wildman–Crippen LogP) is 2.41. The number of benzene rings is 1. The molecular weight excluding hydrogens is 293 g/mol. The van der Waals surface area contributed by atoms with Crippen molar-refractivity contribution in [3.8, 4) is 5.69 Å². The normalized spacial score (nSPS) is 10.4. The SMILES string of the molecule is NC(=S)c1cc(F)ccc1-n1cc(Br)cn1. The van der Waals surface area contributed by atoms with Gasteiger partial charge in [0.05, 0.1) is 16.4 Å². The van der Waals surface area contributed by atoms with Crippen molar-refractivity contribution in [2.45, 2.75) is 0 Å². The topological polar surface area (TPSA) is 43.8 Å². The molecule has 2 rings (SSSR count). The number of hydrogen-bond acceptors (Lipinski definition) is 2. The van der Waals surface area contributed by atoms with Crippen LogP contribution in [0.25, 0.3) is 5.69 Å². The Morgan fingerprint density at radius 1 is 1.50 bits per heavy atom. The Kier molecular flexibility index (Phi) is 3.02. The molecule has 0 bridgehead atoms. The third-order valence-corrected chi connectivity index (χ3v) is 2.65. The van der Waals surface area contributed by atoms with Crippen LogP contribution in [0.3, 0.4) is 0 Å². The van der Waals surface area contributed by atoms with Crippen molar-refractivity contribution >= 4 is 33.1 Å². The van der Waals surface area contributed by atoms with E-state index in [1.807, 2.05) is 0 Å². The zero-order valence-electron chi connectivity index (χ0n) is 8.02. The highest BCUT2D eigenvalue weighted by Crippen LogP contribution is 2.18. The summed E-state index contributed by atoms with van der Waals surface area (Å²) in [4.78, 5) is 0.140. The van der Waals surface area contributed by atoms with Gasteiger partial charge in [0.25, 0.3) is 0 Å². The van der Waals surface area contributed by atoms with Gasteiger partial charge in [0.1, 0.15) is 10.8 Å². The molecule has 0 spiro atoms. The monoisotopic (exact) mass is 299 g/mol. The highest BCUT2D eigenvalue weighted by molar-refractivity contribution is 9.10. The number of aromatic nitrogens is 2. The van der Waals surface area contributed by atoms with Gasteiger partial charge in [-0.25, -0.2) is 9.07 Å². The Hall–Kier alpha value is -1.27. The van der Waals surface area contributed by atoms with Crippen LogP contribution in [-0.2, 0) is 0 Å². The minimum atomic E-state index is -0.377. The molecule has 3 nitrogen and oxygen atoms in total. The van der Waals surface area contributed by atoms with E-state index in [1.165, 1.54) is 12.1 Å². The molecule has 0 unspecified atom stereocenters. The molecule has 0 atom stereocenters. The van der Waals surface area contributed by atoms with Gasteiger partial charge >= 0.3 is 0 Å². The van der Waals surface area contributed by atoms with E-state index < -0.39 is 0 Å². The number of rotatable bonds is 2. The largest absolute Gasteiger partial charge is 0.389 e. The standard InChI is InChI=1S/C10H7BrFN3S/c11-6-4-14-15(5-6)9-2-1-7(12)3-8(9)10(13)16/h1-5H,(H2,13,16). The van der Waals surface area contributed by atoms with Crippen LogP contribution in [0.2, 0.25) is 0 Å². The van der Waals surface area contributed by atoms with Crippen molar-refractivity contribution in [2.24, 2.45) is 5.73 Å². The third-order valence-electron chi connectivity index (χ3n) is 2.02. The lowest BCUT2D eigenvalue weighted by atomic mass is 10.1. The molecule has 0 aliphatic heterocycles. The molecule has 0 aliphatic carbocycles. The maximum Gasteiger partial charge on any atom is 0.124 e. The van der Waals surface area contributed by atoms with Gasteiger partial charge in [0, 0.05) is 11.8 Å². The van der Waals surface area contributed by atoms with Crippen molar-refractivity contribution in [2.75, 3.05) is 0 Å². The summed E-state index contributed by atoms with van der Waals surface area (Å²) in [7, 11) is 0. The summed E-state index contributed by atoms with van der Waals surface area (Å²) in [6.45, 7) is 0. The van der Waals surface area contributed by atoms with Gasteiger partial charge in [0.15, 0.2) is 0 Å². The van der Waals surface area contributed by atoms with Gasteiger partial charge in [-0.3, -0.25) is 0 Å². The first-order chi connectivity index (χ1) is 7.58. The van der Waals surface area contributed by atoms with Crippen molar-refractivity contribution < 1.29 is 4.39 Å². The number of halogens is 2. The fourth-order valence-electron chi connectivity index (χ4n) is 1.34. The van der Waals surface area contributed by atoms with Crippen LogP contribution in [-0.4, -0.2) is 14.8 Å². The number of thiocarbonyl (C=S) groups is 1. The van der Waals surface area contributed by atoms with Crippen LogP contribution in [0.5, 0.6) is 0 Å². The second-order valence-electron chi connectivity index (χ2n) is 3.13. The average Bonchev–Trinajstić information content (AvgIpc) is 2.64. The smallest absolute Gasteiger partial charge is 0.124 e. The van der Waals surface area contributed by atoms with E-state index in [1.54, 1.807) is 23.1 Å². The van der Waals surface area contributed by atoms with Crippen LogP contribution in [0.4, 0.5) is 4.39 Å². The molecule has 0 aliphatic rings. The lowest BCUT2D eigenvalue weighted by Gasteiger charge is -2.07. The van der Waals surface area contributed by atoms with E-state index in [-0.39, 0.29) is 10.8 Å². The first-order valence-corrected chi connectivity index (χ1v) is 5.58. The second kappa shape index (κ2) is 4.31. The molecule has 0 fully saturated rings. The van der Waals surface area contributed by atoms with E-state index in [4.69, 9.17) is 18.0 Å². The van der Waals surface area contributed by atoms with Gasteiger partial charge in [0.2, 0.25) is 0 Å². The second-order valence-corrected chi connectivity index (χ2v) is 4.48. The third kappa shape index (κ3) is 2.12. The maximum absolute atomic E-state index is 13.1. The Balaban J connectivity index is 2.60. The molecule has 1 aromatic heterocycles. The molecule has 0 saturated carbocycles. The Labute approximate surface area is 105 Å². The molecule has 0 radical (unpaired) electrons. The van der Waals surface area contributed by atoms with Crippen LogP contribution in [0, 0.1) is 5.82 Å². The van der Waals surface area contributed by atoms with E-state index in [0.29, 0.717) is 11.3 Å². The summed E-state index contributed by atoms with van der Waals surface area (Å²) in [5, 5.41) is 4.09. The van der Waals surface area contributed by atoms with E-state index in [9.17, 15) is 4.39 Å². The van der Waals surface area contributed by atoms with Gasteiger partial charge in [-0.05, 0) is 34.1 Å². The minimum Gasteiger partial charge on any atom is -0.389 e. The quantitative estimate of drug-likeness (QED) is 0.866. The minimum absolute atomic E-state index is 0.140. The fraction of sp³-hybridized carbons (Fsp3) is 0. The van der Waals surface area contributed by atoms with Crippen molar-refractivity contribution in [1.29, 1.82) is 0 Å².